The second-order valence-corrected chi connectivity index (χ2v) is 5.91. The number of hydrogen-bond acceptors (Lipinski definition) is 8. The number of aromatic hydroxyl groups is 1. The number of aromatic nitrogens is 4. The third kappa shape index (κ3) is 3.39. The first kappa shape index (κ1) is 16.0. The summed E-state index contributed by atoms with van der Waals surface area (Å²) in [6, 6.07) is 7.37. The fourth-order valence-electron chi connectivity index (χ4n) is 1.84. The van der Waals surface area contributed by atoms with E-state index in [4.69, 9.17) is 17.0 Å². The summed E-state index contributed by atoms with van der Waals surface area (Å²) in [5.74, 6) is 0.394. The minimum atomic E-state index is -0.542. The van der Waals surface area contributed by atoms with Gasteiger partial charge in [0.25, 0.3) is 5.56 Å². The largest absolute Gasteiger partial charge is 0.497 e. The molecule has 0 fully saturated rings. The van der Waals surface area contributed by atoms with Gasteiger partial charge in [0.05, 0.1) is 7.11 Å². The van der Waals surface area contributed by atoms with Gasteiger partial charge in [-0.2, -0.15) is 0 Å². The topological polar surface area (TPSA) is 116 Å². The third-order valence-electron chi connectivity index (χ3n) is 3.01. The van der Waals surface area contributed by atoms with Crippen LogP contribution in [0, 0.1) is 4.77 Å². The maximum absolute atomic E-state index is 11.7. The molecule has 8 nitrogen and oxygen atoms in total. The molecule has 0 bridgehead atoms. The molecule has 0 atom stereocenters. The number of nitrogens with one attached hydrogen (secondary N) is 2. The summed E-state index contributed by atoms with van der Waals surface area (Å²) in [7, 11) is 1.60. The number of ether oxygens (including phenoxy) is 1. The van der Waals surface area contributed by atoms with Gasteiger partial charge in [0.2, 0.25) is 11.0 Å². The first-order chi connectivity index (χ1) is 11.6. The molecule has 2 heterocycles. The lowest BCUT2D eigenvalue weighted by molar-refractivity contribution is 0.415. The second-order valence-electron chi connectivity index (χ2n) is 4.55. The zero-order valence-electron chi connectivity index (χ0n) is 12.3. The van der Waals surface area contributed by atoms with Crippen molar-refractivity contribution >= 4 is 34.9 Å². The average Bonchev–Trinajstić information content (AvgIpc) is 3.03. The molecule has 0 saturated heterocycles. The van der Waals surface area contributed by atoms with Gasteiger partial charge < -0.3 is 14.8 Å². The van der Waals surface area contributed by atoms with Crippen LogP contribution < -0.4 is 10.3 Å². The standard InChI is InChI=1S/C14H11N5O3S2/c1-22-8-4-2-7(3-5-8)12-18-19-14(24-12)15-6-9-10(20)16-13(23)17-11(9)21/h2-6H,1H3,(H3,16,17,20,21,23)/b15-6+. The van der Waals surface area contributed by atoms with E-state index in [1.165, 1.54) is 17.6 Å². The van der Waals surface area contributed by atoms with Crippen LogP contribution in [0.15, 0.2) is 34.1 Å². The molecule has 3 N–H and O–H groups in total. The Kier molecular flexibility index (Phi) is 4.49. The van der Waals surface area contributed by atoms with Crippen molar-refractivity contribution in [2.24, 2.45) is 4.99 Å². The highest BCUT2D eigenvalue weighted by Crippen LogP contribution is 2.29. The molecule has 0 spiro atoms. The molecule has 0 aliphatic rings. The summed E-state index contributed by atoms with van der Waals surface area (Å²) in [5, 5.41) is 18.7. The number of aliphatic imine (C=N–C) groups is 1. The number of aromatic amines is 2. The highest BCUT2D eigenvalue weighted by molar-refractivity contribution is 7.71. The lowest BCUT2D eigenvalue weighted by Gasteiger charge is -1.99. The number of nitrogens with zero attached hydrogens (tertiary/aromatic N) is 3. The van der Waals surface area contributed by atoms with E-state index in [0.29, 0.717) is 10.1 Å². The Bertz CT molecular complexity index is 1000. The Hall–Kier alpha value is -2.85. The van der Waals surface area contributed by atoms with Gasteiger partial charge in [0, 0.05) is 11.8 Å². The molecule has 0 radical (unpaired) electrons. The van der Waals surface area contributed by atoms with E-state index in [2.05, 4.69) is 25.2 Å². The van der Waals surface area contributed by atoms with Gasteiger partial charge in [-0.05, 0) is 36.5 Å². The highest BCUT2D eigenvalue weighted by atomic mass is 32.1. The minimum absolute atomic E-state index is 0.0346. The third-order valence-corrected chi connectivity index (χ3v) is 4.10. The predicted octanol–water partition coefficient (Wildman–Crippen LogP) is 2.42. The fourth-order valence-corrected chi connectivity index (χ4v) is 2.73. The summed E-state index contributed by atoms with van der Waals surface area (Å²) < 4.78 is 5.14. The Morgan fingerprint density at radius 1 is 1.29 bits per heavy atom. The van der Waals surface area contributed by atoms with Crippen LogP contribution in [-0.2, 0) is 0 Å². The van der Waals surface area contributed by atoms with Crippen molar-refractivity contribution in [3.05, 3.63) is 45.0 Å². The number of methoxy groups -OCH3 is 1. The maximum Gasteiger partial charge on any atom is 0.264 e. The Morgan fingerprint density at radius 3 is 2.71 bits per heavy atom. The van der Waals surface area contributed by atoms with E-state index < -0.39 is 5.56 Å². The van der Waals surface area contributed by atoms with Gasteiger partial charge in [-0.15, -0.1) is 10.2 Å². The zero-order chi connectivity index (χ0) is 17.1. The first-order valence-corrected chi connectivity index (χ1v) is 7.87. The van der Waals surface area contributed by atoms with Crippen LogP contribution in [0.1, 0.15) is 5.56 Å². The van der Waals surface area contributed by atoms with Crippen LogP contribution >= 0.6 is 23.6 Å². The van der Waals surface area contributed by atoms with Crippen LogP contribution in [0.25, 0.3) is 10.6 Å². The van der Waals surface area contributed by atoms with Gasteiger partial charge in [0.1, 0.15) is 16.3 Å². The molecular weight excluding hydrogens is 350 g/mol. The molecule has 3 rings (SSSR count). The van der Waals surface area contributed by atoms with Crippen LogP contribution in [0.4, 0.5) is 5.13 Å². The molecule has 24 heavy (non-hydrogen) atoms. The summed E-state index contributed by atoms with van der Waals surface area (Å²) in [5.41, 5.74) is 0.295. The van der Waals surface area contributed by atoms with Crippen molar-refractivity contribution in [3.8, 4) is 22.2 Å². The molecular formula is C14H11N5O3S2. The molecule has 1 aromatic carbocycles. The Labute approximate surface area is 144 Å². The molecule has 0 unspecified atom stereocenters. The van der Waals surface area contributed by atoms with Gasteiger partial charge >= 0.3 is 0 Å². The van der Waals surface area contributed by atoms with E-state index in [1.54, 1.807) is 7.11 Å². The zero-order valence-corrected chi connectivity index (χ0v) is 13.9. The molecule has 122 valence electrons. The molecule has 0 aliphatic carbocycles. The van der Waals surface area contributed by atoms with E-state index in [9.17, 15) is 9.90 Å². The van der Waals surface area contributed by atoms with Gasteiger partial charge in [-0.1, -0.05) is 11.3 Å². The smallest absolute Gasteiger partial charge is 0.264 e. The van der Waals surface area contributed by atoms with Crippen LogP contribution in [0.5, 0.6) is 11.6 Å². The number of hydrogen-bond donors (Lipinski definition) is 3. The van der Waals surface area contributed by atoms with E-state index in [-0.39, 0.29) is 16.2 Å². The van der Waals surface area contributed by atoms with E-state index in [1.807, 2.05) is 24.3 Å². The van der Waals surface area contributed by atoms with Crippen molar-refractivity contribution in [2.45, 2.75) is 0 Å². The van der Waals surface area contributed by atoms with Gasteiger partial charge in [-0.3, -0.25) is 9.78 Å². The van der Waals surface area contributed by atoms with Crippen molar-refractivity contribution in [1.29, 1.82) is 0 Å². The summed E-state index contributed by atoms with van der Waals surface area (Å²) in [6.07, 6.45) is 1.21. The van der Waals surface area contributed by atoms with Crippen molar-refractivity contribution in [2.75, 3.05) is 7.11 Å². The second kappa shape index (κ2) is 6.72. The summed E-state index contributed by atoms with van der Waals surface area (Å²) in [6.45, 7) is 0. The molecule has 2 aromatic heterocycles. The SMILES string of the molecule is COc1ccc(-c2nnc(/N=C/c3c(O)[nH]c(=S)[nH]c3=O)s2)cc1. The Balaban J connectivity index is 1.86. The lowest BCUT2D eigenvalue weighted by Crippen LogP contribution is -2.13. The van der Waals surface area contributed by atoms with Crippen LogP contribution in [-0.4, -0.2) is 38.6 Å². The average molecular weight is 361 g/mol. The van der Waals surface area contributed by atoms with Crippen molar-refractivity contribution < 1.29 is 9.84 Å². The normalized spacial score (nSPS) is 11.0. The summed E-state index contributed by atoms with van der Waals surface area (Å²) >= 11 is 6.00. The Morgan fingerprint density at radius 2 is 2.04 bits per heavy atom. The molecule has 0 saturated carbocycles. The van der Waals surface area contributed by atoms with Gasteiger partial charge in [-0.25, -0.2) is 4.99 Å². The fraction of sp³-hybridized carbons (Fsp3) is 0.0714. The molecule has 0 aliphatic heterocycles. The maximum atomic E-state index is 11.7. The number of rotatable bonds is 4. The number of H-pyrrole nitrogens is 2. The summed E-state index contributed by atoms with van der Waals surface area (Å²) in [4.78, 5) is 20.6. The van der Waals surface area contributed by atoms with E-state index in [0.717, 1.165) is 11.3 Å². The highest BCUT2D eigenvalue weighted by Gasteiger charge is 2.08. The van der Waals surface area contributed by atoms with Gasteiger partial charge in [0.15, 0.2) is 4.77 Å². The van der Waals surface area contributed by atoms with Crippen LogP contribution in [0.3, 0.4) is 0 Å². The predicted molar refractivity (Wildman–Crippen MR) is 93.1 cm³/mol. The first-order valence-electron chi connectivity index (χ1n) is 6.64. The molecule has 3 aromatic rings. The van der Waals surface area contributed by atoms with Crippen molar-refractivity contribution in [1.82, 2.24) is 20.2 Å². The lowest BCUT2D eigenvalue weighted by atomic mass is 10.2. The van der Waals surface area contributed by atoms with Crippen LogP contribution in [0.2, 0.25) is 0 Å². The quantitative estimate of drug-likeness (QED) is 0.485. The van der Waals surface area contributed by atoms with E-state index >= 15 is 0 Å². The molecule has 0 amide bonds. The number of benzene rings is 1. The van der Waals surface area contributed by atoms with Crippen molar-refractivity contribution in [3.63, 3.8) is 0 Å². The monoisotopic (exact) mass is 361 g/mol. The molecule has 10 heteroatoms. The minimum Gasteiger partial charge on any atom is -0.497 e.